The van der Waals surface area contributed by atoms with Gasteiger partial charge in [-0.3, -0.25) is 14.0 Å². The molecular weight excluding hydrogens is 294 g/mol. The van der Waals surface area contributed by atoms with Gasteiger partial charge in [0.25, 0.3) is 5.91 Å². The minimum absolute atomic E-state index is 0.0811. The number of hydrogen-bond donors (Lipinski definition) is 1. The Balaban J connectivity index is 1.90. The number of carbonyl (C=O) groups is 2. The van der Waals surface area contributed by atoms with Gasteiger partial charge in [0.2, 0.25) is 5.91 Å². The third-order valence-corrected chi connectivity index (χ3v) is 4.11. The highest BCUT2D eigenvalue weighted by Gasteiger charge is 2.29. The van der Waals surface area contributed by atoms with Gasteiger partial charge in [0.05, 0.1) is 5.56 Å². The average Bonchev–Trinajstić information content (AvgIpc) is 3.12. The number of carbonyl (C=O) groups excluding carboxylic acids is 2. The first-order valence-electron chi connectivity index (χ1n) is 7.86. The van der Waals surface area contributed by atoms with Gasteiger partial charge in [0.1, 0.15) is 5.82 Å². The van der Waals surface area contributed by atoms with Crippen LogP contribution in [0.4, 0.5) is 0 Å². The topological polar surface area (TPSA) is 79.6 Å². The van der Waals surface area contributed by atoms with Crippen LogP contribution in [0.2, 0.25) is 0 Å². The number of nitrogens with one attached hydrogen (secondary N) is 1. The number of likely N-dealkylation sites (tertiary alicyclic amines) is 1. The van der Waals surface area contributed by atoms with Crippen molar-refractivity contribution in [3.63, 3.8) is 0 Å². The molecular formula is C16H21N5O2. The third kappa shape index (κ3) is 3.04. The van der Waals surface area contributed by atoms with E-state index < -0.39 is 0 Å². The van der Waals surface area contributed by atoms with Crippen LogP contribution in [0.15, 0.2) is 18.3 Å². The van der Waals surface area contributed by atoms with Gasteiger partial charge < -0.3 is 10.2 Å². The van der Waals surface area contributed by atoms with E-state index in [0.717, 1.165) is 18.8 Å². The number of rotatable bonds is 3. The SMILES string of the molecule is CC(=O)N1CC[C@@H](c2nnc3ccc(C(=O)NC(C)C)cn23)C1. The van der Waals surface area contributed by atoms with Gasteiger partial charge >= 0.3 is 0 Å². The number of fused-ring (bicyclic) bond motifs is 1. The lowest BCUT2D eigenvalue weighted by molar-refractivity contribution is -0.127. The fraction of sp³-hybridized carbons (Fsp3) is 0.500. The molecule has 1 saturated heterocycles. The quantitative estimate of drug-likeness (QED) is 0.923. The largest absolute Gasteiger partial charge is 0.350 e. The molecule has 0 aliphatic carbocycles. The van der Waals surface area contributed by atoms with E-state index in [0.29, 0.717) is 17.8 Å². The summed E-state index contributed by atoms with van der Waals surface area (Å²) in [6.07, 6.45) is 2.64. The molecule has 7 heteroatoms. The van der Waals surface area contributed by atoms with E-state index in [1.54, 1.807) is 25.3 Å². The normalized spacial score (nSPS) is 17.9. The molecule has 0 spiro atoms. The second kappa shape index (κ2) is 5.98. The molecule has 1 N–H and O–H groups in total. The Morgan fingerprint density at radius 2 is 2.09 bits per heavy atom. The summed E-state index contributed by atoms with van der Waals surface area (Å²) >= 11 is 0. The number of amides is 2. The van der Waals surface area contributed by atoms with Crippen LogP contribution in [0.5, 0.6) is 0 Å². The molecule has 0 bridgehead atoms. The molecule has 1 fully saturated rings. The van der Waals surface area contributed by atoms with Gasteiger partial charge in [-0.1, -0.05) is 0 Å². The lowest BCUT2D eigenvalue weighted by Crippen LogP contribution is -2.30. The van der Waals surface area contributed by atoms with E-state index in [1.807, 2.05) is 23.1 Å². The maximum atomic E-state index is 12.2. The van der Waals surface area contributed by atoms with Crippen LogP contribution in [0.25, 0.3) is 5.65 Å². The summed E-state index contributed by atoms with van der Waals surface area (Å²) in [6.45, 7) is 6.82. The van der Waals surface area contributed by atoms with E-state index in [9.17, 15) is 9.59 Å². The van der Waals surface area contributed by atoms with Gasteiger partial charge in [-0.25, -0.2) is 0 Å². The molecule has 0 aromatic carbocycles. The zero-order valence-corrected chi connectivity index (χ0v) is 13.6. The summed E-state index contributed by atoms with van der Waals surface area (Å²) in [5.41, 5.74) is 1.29. The van der Waals surface area contributed by atoms with Crippen LogP contribution >= 0.6 is 0 Å². The predicted molar refractivity (Wildman–Crippen MR) is 85.2 cm³/mol. The molecule has 122 valence electrons. The number of hydrogen-bond acceptors (Lipinski definition) is 4. The zero-order chi connectivity index (χ0) is 16.6. The minimum atomic E-state index is -0.113. The summed E-state index contributed by atoms with van der Waals surface area (Å²) in [5, 5.41) is 11.3. The lowest BCUT2D eigenvalue weighted by Gasteiger charge is -2.13. The highest BCUT2D eigenvalue weighted by Crippen LogP contribution is 2.26. The van der Waals surface area contributed by atoms with Crippen molar-refractivity contribution >= 4 is 17.5 Å². The monoisotopic (exact) mass is 315 g/mol. The van der Waals surface area contributed by atoms with Crippen molar-refractivity contribution in [2.75, 3.05) is 13.1 Å². The third-order valence-electron chi connectivity index (χ3n) is 4.11. The summed E-state index contributed by atoms with van der Waals surface area (Å²) in [7, 11) is 0. The van der Waals surface area contributed by atoms with Crippen LogP contribution in [-0.4, -0.2) is 50.4 Å². The maximum Gasteiger partial charge on any atom is 0.252 e. The van der Waals surface area contributed by atoms with E-state index >= 15 is 0 Å². The van der Waals surface area contributed by atoms with Crippen LogP contribution in [0.1, 0.15) is 49.3 Å². The van der Waals surface area contributed by atoms with Crippen LogP contribution in [0.3, 0.4) is 0 Å². The predicted octanol–water partition coefficient (Wildman–Crippen LogP) is 1.20. The molecule has 1 aliphatic rings. The van der Waals surface area contributed by atoms with Crippen molar-refractivity contribution in [2.24, 2.45) is 0 Å². The Morgan fingerprint density at radius 1 is 1.30 bits per heavy atom. The number of aromatic nitrogens is 3. The van der Waals surface area contributed by atoms with Crippen molar-refractivity contribution in [2.45, 2.75) is 39.2 Å². The van der Waals surface area contributed by atoms with Gasteiger partial charge in [-0.15, -0.1) is 10.2 Å². The molecule has 0 radical (unpaired) electrons. The van der Waals surface area contributed by atoms with Crippen LogP contribution < -0.4 is 5.32 Å². The molecule has 3 rings (SSSR count). The smallest absolute Gasteiger partial charge is 0.252 e. The first kappa shape index (κ1) is 15.5. The van der Waals surface area contributed by atoms with E-state index in [-0.39, 0.29) is 23.8 Å². The van der Waals surface area contributed by atoms with E-state index in [4.69, 9.17) is 0 Å². The Kier molecular flexibility index (Phi) is 4.02. The summed E-state index contributed by atoms with van der Waals surface area (Å²) < 4.78 is 1.86. The number of nitrogens with zero attached hydrogens (tertiary/aromatic N) is 4. The van der Waals surface area contributed by atoms with Crippen molar-refractivity contribution in [3.8, 4) is 0 Å². The van der Waals surface area contributed by atoms with Gasteiger partial charge in [0, 0.05) is 38.2 Å². The van der Waals surface area contributed by atoms with E-state index in [2.05, 4.69) is 15.5 Å². The molecule has 7 nitrogen and oxygen atoms in total. The molecule has 2 amide bonds. The Morgan fingerprint density at radius 3 is 2.74 bits per heavy atom. The highest BCUT2D eigenvalue weighted by atomic mass is 16.2. The molecule has 0 unspecified atom stereocenters. The molecule has 0 saturated carbocycles. The minimum Gasteiger partial charge on any atom is -0.350 e. The van der Waals surface area contributed by atoms with E-state index in [1.165, 1.54) is 0 Å². The van der Waals surface area contributed by atoms with Crippen molar-refractivity contribution < 1.29 is 9.59 Å². The van der Waals surface area contributed by atoms with Crippen LogP contribution in [-0.2, 0) is 4.79 Å². The van der Waals surface area contributed by atoms with Gasteiger partial charge in [0.15, 0.2) is 5.65 Å². The first-order valence-corrected chi connectivity index (χ1v) is 7.86. The van der Waals surface area contributed by atoms with Crippen LogP contribution in [0, 0.1) is 0 Å². The number of pyridine rings is 1. The molecule has 3 heterocycles. The van der Waals surface area contributed by atoms with Gasteiger partial charge in [-0.05, 0) is 32.4 Å². The molecule has 23 heavy (non-hydrogen) atoms. The average molecular weight is 315 g/mol. The first-order chi connectivity index (χ1) is 11.0. The summed E-state index contributed by atoms with van der Waals surface area (Å²) in [5.74, 6) is 0.928. The zero-order valence-electron chi connectivity index (χ0n) is 13.6. The highest BCUT2D eigenvalue weighted by molar-refractivity contribution is 5.94. The van der Waals surface area contributed by atoms with Crippen molar-refractivity contribution in [3.05, 3.63) is 29.7 Å². The standard InChI is InChI=1S/C16H21N5O2/c1-10(2)17-16(23)13-4-5-14-18-19-15(21(14)9-13)12-6-7-20(8-12)11(3)22/h4-5,9-10,12H,6-8H2,1-3H3,(H,17,23)/t12-/m1/s1. The fourth-order valence-corrected chi connectivity index (χ4v) is 2.92. The lowest BCUT2D eigenvalue weighted by atomic mass is 10.1. The molecule has 2 aromatic rings. The second-order valence-corrected chi connectivity index (χ2v) is 6.28. The fourth-order valence-electron chi connectivity index (χ4n) is 2.92. The van der Waals surface area contributed by atoms with Crippen molar-refractivity contribution in [1.82, 2.24) is 24.8 Å². The molecule has 1 atom stereocenters. The Bertz CT molecular complexity index is 752. The van der Waals surface area contributed by atoms with Gasteiger partial charge in [-0.2, -0.15) is 0 Å². The Labute approximate surface area is 134 Å². The van der Waals surface area contributed by atoms with Crippen molar-refractivity contribution in [1.29, 1.82) is 0 Å². The molecule has 2 aromatic heterocycles. The second-order valence-electron chi connectivity index (χ2n) is 6.28. The summed E-state index contributed by atoms with van der Waals surface area (Å²) in [6, 6.07) is 3.63. The summed E-state index contributed by atoms with van der Waals surface area (Å²) in [4.78, 5) is 25.5. The Hall–Kier alpha value is -2.44. The molecule has 1 aliphatic heterocycles. The maximum absolute atomic E-state index is 12.2.